The van der Waals surface area contributed by atoms with E-state index >= 15 is 0 Å². The van der Waals surface area contributed by atoms with E-state index in [1.165, 1.54) is 0 Å². The van der Waals surface area contributed by atoms with Gasteiger partial charge in [-0.2, -0.15) is 0 Å². The molecule has 96 valence electrons. The van der Waals surface area contributed by atoms with E-state index in [1.54, 1.807) is 0 Å². The zero-order valence-corrected chi connectivity index (χ0v) is 12.4. The molecule has 0 saturated heterocycles. The van der Waals surface area contributed by atoms with Crippen LogP contribution in [0.25, 0.3) is 0 Å². The van der Waals surface area contributed by atoms with E-state index in [-0.39, 0.29) is 5.60 Å². The third-order valence-corrected chi connectivity index (χ3v) is 3.70. The van der Waals surface area contributed by atoms with Crippen LogP contribution < -0.4 is 0 Å². The molecule has 0 atom stereocenters. The minimum absolute atomic E-state index is 0.383. The number of benzene rings is 2. The van der Waals surface area contributed by atoms with Crippen molar-refractivity contribution in [3.63, 3.8) is 0 Å². The lowest BCUT2D eigenvalue weighted by molar-refractivity contribution is 0.0913. The van der Waals surface area contributed by atoms with Gasteiger partial charge in [-0.1, -0.05) is 34.1 Å². The van der Waals surface area contributed by atoms with Crippen molar-refractivity contribution >= 4 is 27.5 Å². The lowest BCUT2D eigenvalue weighted by Crippen LogP contribution is -2.29. The van der Waals surface area contributed by atoms with Crippen LogP contribution in [0, 0.1) is 0 Å². The van der Waals surface area contributed by atoms with Gasteiger partial charge in [0.25, 0.3) is 0 Å². The van der Waals surface area contributed by atoms with Crippen molar-refractivity contribution in [1.29, 1.82) is 0 Å². The van der Waals surface area contributed by atoms with Gasteiger partial charge in [0.15, 0.2) is 0 Å². The molecule has 2 nitrogen and oxygen atoms in total. The number of ether oxygens (including phenoxy) is 1. The van der Waals surface area contributed by atoms with Gasteiger partial charge in [-0.15, -0.1) is 0 Å². The quantitative estimate of drug-likeness (QED) is 0.741. The molecule has 0 N–H and O–H groups in total. The third-order valence-electron chi connectivity index (χ3n) is 3.20. The maximum absolute atomic E-state index is 6.07. The van der Waals surface area contributed by atoms with Crippen molar-refractivity contribution in [2.24, 2.45) is 4.99 Å². The standard InChI is InChI=1S/C16H14BrNO/c1-16(2)13-10-12(17)8-9-14(13)18-15(19-16)11-6-4-3-5-7-11/h3-10H,1-2H3. The van der Waals surface area contributed by atoms with Crippen molar-refractivity contribution < 1.29 is 4.74 Å². The molecule has 0 amide bonds. The maximum Gasteiger partial charge on any atom is 0.222 e. The first kappa shape index (κ1) is 12.4. The Labute approximate surface area is 121 Å². The summed E-state index contributed by atoms with van der Waals surface area (Å²) < 4.78 is 7.11. The van der Waals surface area contributed by atoms with Crippen LogP contribution in [-0.2, 0) is 10.3 Å². The Hall–Kier alpha value is -1.61. The highest BCUT2D eigenvalue weighted by Gasteiger charge is 2.31. The van der Waals surface area contributed by atoms with Crippen LogP contribution in [0.3, 0.4) is 0 Å². The van der Waals surface area contributed by atoms with E-state index in [0.29, 0.717) is 5.90 Å². The van der Waals surface area contributed by atoms with Gasteiger partial charge in [0.05, 0.1) is 5.69 Å². The highest BCUT2D eigenvalue weighted by molar-refractivity contribution is 9.10. The fourth-order valence-corrected chi connectivity index (χ4v) is 2.58. The molecule has 0 aliphatic carbocycles. The molecule has 0 spiro atoms. The van der Waals surface area contributed by atoms with Gasteiger partial charge in [-0.05, 0) is 44.2 Å². The van der Waals surface area contributed by atoms with Gasteiger partial charge in [0.1, 0.15) is 5.60 Å². The zero-order valence-electron chi connectivity index (χ0n) is 10.9. The Morgan fingerprint density at radius 2 is 1.79 bits per heavy atom. The SMILES string of the molecule is CC1(C)OC(c2ccccc2)=Nc2ccc(Br)cc21. The third kappa shape index (κ3) is 2.30. The largest absolute Gasteiger partial charge is 0.466 e. The molecule has 2 aromatic rings. The lowest BCUT2D eigenvalue weighted by atomic mass is 9.95. The second kappa shape index (κ2) is 4.49. The number of fused-ring (bicyclic) bond motifs is 1. The van der Waals surface area contributed by atoms with E-state index in [1.807, 2.05) is 42.5 Å². The van der Waals surface area contributed by atoms with E-state index in [9.17, 15) is 0 Å². The summed E-state index contributed by atoms with van der Waals surface area (Å²) in [6.45, 7) is 4.13. The van der Waals surface area contributed by atoms with E-state index < -0.39 is 0 Å². The van der Waals surface area contributed by atoms with Gasteiger partial charge < -0.3 is 4.74 Å². The number of aliphatic imine (C=N–C) groups is 1. The average molecular weight is 316 g/mol. The normalized spacial score (nSPS) is 16.3. The molecule has 0 fully saturated rings. The van der Waals surface area contributed by atoms with Crippen molar-refractivity contribution in [3.05, 3.63) is 64.1 Å². The number of halogens is 1. The first-order valence-corrected chi connectivity index (χ1v) is 6.99. The van der Waals surface area contributed by atoms with Crippen molar-refractivity contribution in [1.82, 2.24) is 0 Å². The molecule has 3 rings (SSSR count). The van der Waals surface area contributed by atoms with Gasteiger partial charge in [-0.25, -0.2) is 4.99 Å². The fourth-order valence-electron chi connectivity index (χ4n) is 2.22. The van der Waals surface area contributed by atoms with Crippen LogP contribution in [0.15, 0.2) is 58.0 Å². The molecule has 1 aliphatic rings. The van der Waals surface area contributed by atoms with Crippen molar-refractivity contribution in [2.75, 3.05) is 0 Å². The Balaban J connectivity index is 2.14. The van der Waals surface area contributed by atoms with E-state index in [4.69, 9.17) is 4.74 Å². The summed E-state index contributed by atoms with van der Waals surface area (Å²) in [5.41, 5.74) is 2.69. The summed E-state index contributed by atoms with van der Waals surface area (Å²) in [7, 11) is 0. The van der Waals surface area contributed by atoms with Gasteiger partial charge in [0.2, 0.25) is 5.90 Å². The van der Waals surface area contributed by atoms with Gasteiger partial charge in [-0.3, -0.25) is 0 Å². The summed E-state index contributed by atoms with van der Waals surface area (Å²) >= 11 is 3.50. The first-order chi connectivity index (χ1) is 9.06. The summed E-state index contributed by atoms with van der Waals surface area (Å²) in [5, 5.41) is 0. The predicted octanol–water partition coefficient (Wildman–Crippen LogP) is 4.79. The molecule has 0 radical (unpaired) electrons. The van der Waals surface area contributed by atoms with Crippen LogP contribution >= 0.6 is 15.9 Å². The number of rotatable bonds is 1. The molecule has 3 heteroatoms. The number of hydrogen-bond donors (Lipinski definition) is 0. The van der Waals surface area contributed by atoms with Crippen LogP contribution in [0.1, 0.15) is 25.0 Å². The maximum atomic E-state index is 6.07. The monoisotopic (exact) mass is 315 g/mol. The average Bonchev–Trinajstić information content (AvgIpc) is 2.40. The Bertz CT molecular complexity index is 647. The second-order valence-electron chi connectivity index (χ2n) is 5.06. The van der Waals surface area contributed by atoms with E-state index in [0.717, 1.165) is 21.3 Å². The molecular weight excluding hydrogens is 302 g/mol. The number of nitrogens with zero attached hydrogens (tertiary/aromatic N) is 1. The van der Waals surface area contributed by atoms with E-state index in [2.05, 4.69) is 40.8 Å². The molecule has 0 unspecified atom stereocenters. The summed E-state index contributed by atoms with van der Waals surface area (Å²) in [6, 6.07) is 16.1. The summed E-state index contributed by atoms with van der Waals surface area (Å²) in [5.74, 6) is 0.681. The lowest BCUT2D eigenvalue weighted by Gasteiger charge is -2.32. The second-order valence-corrected chi connectivity index (χ2v) is 5.97. The summed E-state index contributed by atoms with van der Waals surface area (Å²) in [6.07, 6.45) is 0. The topological polar surface area (TPSA) is 21.6 Å². The molecule has 0 saturated carbocycles. The zero-order chi connectivity index (χ0) is 13.5. The molecule has 2 aromatic carbocycles. The minimum Gasteiger partial charge on any atom is -0.466 e. The van der Waals surface area contributed by atoms with Crippen LogP contribution in [-0.4, -0.2) is 5.90 Å². The molecule has 0 bridgehead atoms. The van der Waals surface area contributed by atoms with Crippen molar-refractivity contribution in [3.8, 4) is 0 Å². The van der Waals surface area contributed by atoms with Crippen molar-refractivity contribution in [2.45, 2.75) is 19.4 Å². The molecule has 19 heavy (non-hydrogen) atoms. The highest BCUT2D eigenvalue weighted by atomic mass is 79.9. The van der Waals surface area contributed by atoms with Gasteiger partial charge in [0, 0.05) is 15.6 Å². The predicted molar refractivity (Wildman–Crippen MR) is 80.9 cm³/mol. The Morgan fingerprint density at radius 1 is 1.05 bits per heavy atom. The highest BCUT2D eigenvalue weighted by Crippen LogP contribution is 2.39. The minimum atomic E-state index is -0.383. The smallest absolute Gasteiger partial charge is 0.222 e. The Morgan fingerprint density at radius 3 is 2.53 bits per heavy atom. The van der Waals surface area contributed by atoms with Gasteiger partial charge >= 0.3 is 0 Å². The van der Waals surface area contributed by atoms with Crippen LogP contribution in [0.5, 0.6) is 0 Å². The van der Waals surface area contributed by atoms with Crippen LogP contribution in [0.4, 0.5) is 5.69 Å². The fraction of sp³-hybridized carbons (Fsp3) is 0.188. The number of hydrogen-bond acceptors (Lipinski definition) is 2. The molecule has 0 aromatic heterocycles. The molecule has 1 heterocycles. The molecule has 1 aliphatic heterocycles. The first-order valence-electron chi connectivity index (χ1n) is 6.19. The Kier molecular flexibility index (Phi) is 2.94. The van der Waals surface area contributed by atoms with Crippen LogP contribution in [0.2, 0.25) is 0 Å². The summed E-state index contributed by atoms with van der Waals surface area (Å²) in [4.78, 5) is 4.63. The molecular formula is C16H14BrNO.